The largest absolute Gasteiger partial charge is 0.489 e. The first-order valence-corrected chi connectivity index (χ1v) is 9.50. The molecule has 4 nitrogen and oxygen atoms in total. The van der Waals surface area contributed by atoms with Crippen molar-refractivity contribution in [2.24, 2.45) is 0 Å². The zero-order chi connectivity index (χ0) is 16.2. The van der Waals surface area contributed by atoms with E-state index in [4.69, 9.17) is 9.47 Å². The van der Waals surface area contributed by atoms with Crippen LogP contribution >= 0.6 is 15.9 Å². The van der Waals surface area contributed by atoms with E-state index in [1.165, 1.54) is 11.1 Å². The highest BCUT2D eigenvalue weighted by atomic mass is 79.9. The normalized spacial score (nSPS) is 19.0. The summed E-state index contributed by atoms with van der Waals surface area (Å²) < 4.78 is 13.0. The van der Waals surface area contributed by atoms with E-state index in [1.54, 1.807) is 0 Å². The molecular weight excluding hydrogens is 356 g/mol. The number of fused-ring (bicyclic) bond motifs is 1. The van der Waals surface area contributed by atoms with E-state index in [1.807, 2.05) is 0 Å². The molecule has 0 atom stereocenters. The summed E-state index contributed by atoms with van der Waals surface area (Å²) >= 11 is 3.69. The van der Waals surface area contributed by atoms with Crippen molar-refractivity contribution in [1.82, 2.24) is 10.2 Å². The van der Waals surface area contributed by atoms with Crippen LogP contribution < -0.4 is 14.8 Å². The third-order valence-electron chi connectivity index (χ3n) is 4.58. The predicted molar refractivity (Wildman–Crippen MR) is 96.9 cm³/mol. The number of nitrogens with zero attached hydrogens (tertiary/aromatic N) is 1. The maximum atomic E-state index is 6.08. The van der Waals surface area contributed by atoms with Crippen LogP contribution in [0.1, 0.15) is 37.3 Å². The highest BCUT2D eigenvalue weighted by molar-refractivity contribution is 9.10. The van der Waals surface area contributed by atoms with Crippen molar-refractivity contribution in [2.75, 3.05) is 45.9 Å². The molecule has 1 saturated heterocycles. The van der Waals surface area contributed by atoms with Crippen LogP contribution in [0.5, 0.6) is 11.5 Å². The SMILES string of the molecule is CC(C)c1c(CCN2CCNCC2)cc(Br)c2c1OCCCO2. The zero-order valence-electron chi connectivity index (χ0n) is 14.2. The van der Waals surface area contributed by atoms with E-state index in [2.05, 4.69) is 46.1 Å². The number of benzene rings is 1. The molecule has 2 aliphatic heterocycles. The number of piperazine rings is 1. The summed E-state index contributed by atoms with van der Waals surface area (Å²) in [4.78, 5) is 2.54. The van der Waals surface area contributed by atoms with E-state index < -0.39 is 0 Å². The Morgan fingerprint density at radius 3 is 2.57 bits per heavy atom. The highest BCUT2D eigenvalue weighted by Crippen LogP contribution is 2.44. The molecule has 1 fully saturated rings. The van der Waals surface area contributed by atoms with Crippen molar-refractivity contribution < 1.29 is 9.47 Å². The van der Waals surface area contributed by atoms with Crippen molar-refractivity contribution in [2.45, 2.75) is 32.6 Å². The molecule has 0 spiro atoms. The van der Waals surface area contributed by atoms with Crippen LogP contribution in [0.3, 0.4) is 0 Å². The van der Waals surface area contributed by atoms with Gasteiger partial charge in [0.25, 0.3) is 0 Å². The second-order valence-electron chi connectivity index (χ2n) is 6.64. The number of hydrogen-bond acceptors (Lipinski definition) is 4. The maximum Gasteiger partial charge on any atom is 0.175 e. The minimum Gasteiger partial charge on any atom is -0.489 e. The molecule has 0 saturated carbocycles. The van der Waals surface area contributed by atoms with Gasteiger partial charge in [0.15, 0.2) is 11.5 Å². The topological polar surface area (TPSA) is 33.7 Å². The molecule has 0 amide bonds. The first-order valence-electron chi connectivity index (χ1n) is 8.70. The molecule has 2 aliphatic rings. The Bertz CT molecular complexity index is 542. The van der Waals surface area contributed by atoms with Gasteiger partial charge >= 0.3 is 0 Å². The molecular formula is C18H27BrN2O2. The van der Waals surface area contributed by atoms with E-state index in [9.17, 15) is 0 Å². The fourth-order valence-electron chi connectivity index (χ4n) is 3.41. The minimum atomic E-state index is 0.427. The van der Waals surface area contributed by atoms with Crippen molar-refractivity contribution in [3.05, 3.63) is 21.7 Å². The van der Waals surface area contributed by atoms with Gasteiger partial charge in [0, 0.05) is 44.7 Å². The lowest BCUT2D eigenvalue weighted by Crippen LogP contribution is -2.44. The molecule has 1 aromatic rings. The standard InChI is InChI=1S/C18H27BrN2O2/c1-13(2)16-14(4-7-21-8-5-20-6-9-21)12-15(19)17-18(16)23-11-3-10-22-17/h12-13,20H,3-11H2,1-2H3. The summed E-state index contributed by atoms with van der Waals surface area (Å²) in [5.41, 5.74) is 2.70. The number of ether oxygens (including phenoxy) is 2. The summed E-state index contributed by atoms with van der Waals surface area (Å²) in [7, 11) is 0. The van der Waals surface area contributed by atoms with E-state index in [0.717, 1.165) is 74.8 Å². The van der Waals surface area contributed by atoms with Gasteiger partial charge in [0.2, 0.25) is 0 Å². The molecule has 0 aromatic heterocycles. The zero-order valence-corrected chi connectivity index (χ0v) is 15.7. The van der Waals surface area contributed by atoms with E-state index >= 15 is 0 Å². The molecule has 1 aromatic carbocycles. The number of nitrogens with one attached hydrogen (secondary N) is 1. The van der Waals surface area contributed by atoms with Gasteiger partial charge in [-0.3, -0.25) is 0 Å². The maximum absolute atomic E-state index is 6.08. The van der Waals surface area contributed by atoms with Crippen molar-refractivity contribution in [1.29, 1.82) is 0 Å². The fraction of sp³-hybridized carbons (Fsp3) is 0.667. The Kier molecular flexibility index (Phi) is 5.83. The van der Waals surface area contributed by atoms with Gasteiger partial charge in [0.1, 0.15) is 0 Å². The number of halogens is 1. The predicted octanol–water partition coefficient (Wildman–Crippen LogP) is 3.18. The first kappa shape index (κ1) is 17.1. The smallest absolute Gasteiger partial charge is 0.175 e. The fourth-order valence-corrected chi connectivity index (χ4v) is 3.98. The summed E-state index contributed by atoms with van der Waals surface area (Å²) in [5.74, 6) is 2.27. The Labute approximate surface area is 147 Å². The van der Waals surface area contributed by atoms with E-state index in [-0.39, 0.29) is 0 Å². The Hall–Kier alpha value is -0.780. The molecule has 3 rings (SSSR count). The van der Waals surface area contributed by atoms with Crippen LogP contribution in [-0.4, -0.2) is 50.8 Å². The van der Waals surface area contributed by atoms with Gasteiger partial charge < -0.3 is 19.7 Å². The molecule has 0 radical (unpaired) electrons. The van der Waals surface area contributed by atoms with Crippen molar-refractivity contribution >= 4 is 15.9 Å². The van der Waals surface area contributed by atoms with Crippen LogP contribution in [0, 0.1) is 0 Å². The Morgan fingerprint density at radius 2 is 1.87 bits per heavy atom. The number of rotatable bonds is 4. The summed E-state index contributed by atoms with van der Waals surface area (Å²) in [5, 5.41) is 3.41. The average Bonchev–Trinajstić information content (AvgIpc) is 2.80. The molecule has 0 aliphatic carbocycles. The quantitative estimate of drug-likeness (QED) is 0.866. The number of hydrogen-bond donors (Lipinski definition) is 1. The van der Waals surface area contributed by atoms with Gasteiger partial charge in [-0.15, -0.1) is 0 Å². The molecule has 0 unspecified atom stereocenters. The Balaban J connectivity index is 1.86. The average molecular weight is 383 g/mol. The van der Waals surface area contributed by atoms with Crippen molar-refractivity contribution in [3.63, 3.8) is 0 Å². The van der Waals surface area contributed by atoms with Gasteiger partial charge in [-0.1, -0.05) is 13.8 Å². The second-order valence-corrected chi connectivity index (χ2v) is 7.49. The van der Waals surface area contributed by atoms with Crippen LogP contribution in [0.25, 0.3) is 0 Å². The molecule has 23 heavy (non-hydrogen) atoms. The van der Waals surface area contributed by atoms with Crippen LogP contribution in [-0.2, 0) is 6.42 Å². The van der Waals surface area contributed by atoms with E-state index in [0.29, 0.717) is 5.92 Å². The summed E-state index contributed by atoms with van der Waals surface area (Å²) in [6.07, 6.45) is 2.00. The van der Waals surface area contributed by atoms with Crippen LogP contribution in [0.15, 0.2) is 10.5 Å². The van der Waals surface area contributed by atoms with Gasteiger partial charge in [0.05, 0.1) is 17.7 Å². The first-order chi connectivity index (χ1) is 11.2. The molecule has 5 heteroatoms. The molecule has 2 heterocycles. The lowest BCUT2D eigenvalue weighted by atomic mass is 9.93. The van der Waals surface area contributed by atoms with Crippen LogP contribution in [0.4, 0.5) is 0 Å². The second kappa shape index (κ2) is 7.86. The molecule has 128 valence electrons. The minimum absolute atomic E-state index is 0.427. The molecule has 1 N–H and O–H groups in total. The van der Waals surface area contributed by atoms with Gasteiger partial charge in [-0.25, -0.2) is 0 Å². The summed E-state index contributed by atoms with van der Waals surface area (Å²) in [6, 6.07) is 2.24. The third-order valence-corrected chi connectivity index (χ3v) is 5.17. The summed E-state index contributed by atoms with van der Waals surface area (Å²) in [6.45, 7) is 11.5. The third kappa shape index (κ3) is 4.01. The lowest BCUT2D eigenvalue weighted by Gasteiger charge is -2.28. The molecule has 0 bridgehead atoms. The van der Waals surface area contributed by atoms with Gasteiger partial charge in [-0.2, -0.15) is 0 Å². The van der Waals surface area contributed by atoms with Crippen molar-refractivity contribution in [3.8, 4) is 11.5 Å². The lowest BCUT2D eigenvalue weighted by molar-refractivity contribution is 0.243. The van der Waals surface area contributed by atoms with Gasteiger partial charge in [-0.05, 0) is 39.9 Å². The highest BCUT2D eigenvalue weighted by Gasteiger charge is 2.24. The Morgan fingerprint density at radius 1 is 1.17 bits per heavy atom. The van der Waals surface area contributed by atoms with Crippen LogP contribution in [0.2, 0.25) is 0 Å². The monoisotopic (exact) mass is 382 g/mol.